The molecule has 1 N–H and O–H groups in total. The third-order valence-corrected chi connectivity index (χ3v) is 5.43. The largest absolute Gasteiger partial charge is 0.490 e. The molecule has 0 atom stereocenters. The van der Waals surface area contributed by atoms with E-state index in [4.69, 9.17) is 9.47 Å². The predicted molar refractivity (Wildman–Crippen MR) is 137 cm³/mol. The molecule has 0 saturated heterocycles. The first-order valence-electron chi connectivity index (χ1n) is 10.3. The first-order chi connectivity index (χ1) is 16.8. The second-order valence-electron chi connectivity index (χ2n) is 7.08. The lowest BCUT2D eigenvalue weighted by atomic mass is 10.0. The quantitative estimate of drug-likeness (QED) is 0.111. The van der Waals surface area contributed by atoms with Crippen LogP contribution in [0.5, 0.6) is 11.5 Å². The van der Waals surface area contributed by atoms with Crippen LogP contribution in [0.1, 0.15) is 18.1 Å². The zero-order valence-corrected chi connectivity index (χ0v) is 20.6. The Kier molecular flexibility index (Phi) is 8.74. The lowest BCUT2D eigenvalue weighted by Crippen LogP contribution is -2.20. The summed E-state index contributed by atoms with van der Waals surface area (Å²) in [5, 5.41) is 23.1. The van der Waals surface area contributed by atoms with Gasteiger partial charge in [-0.1, -0.05) is 0 Å². The molecule has 3 aromatic carbocycles. The van der Waals surface area contributed by atoms with Crippen LogP contribution in [-0.4, -0.2) is 24.0 Å². The van der Waals surface area contributed by atoms with E-state index in [0.717, 1.165) is 0 Å². The molecule has 10 heteroatoms. The summed E-state index contributed by atoms with van der Waals surface area (Å²) in [7, 11) is 0. The fourth-order valence-electron chi connectivity index (χ4n) is 3.05. The van der Waals surface area contributed by atoms with Crippen molar-refractivity contribution in [3.63, 3.8) is 0 Å². The van der Waals surface area contributed by atoms with Crippen LogP contribution < -0.4 is 14.8 Å². The van der Waals surface area contributed by atoms with Gasteiger partial charge in [-0.3, -0.25) is 14.9 Å². The van der Waals surface area contributed by atoms with Crippen LogP contribution >= 0.6 is 22.6 Å². The average molecular weight is 587 g/mol. The lowest BCUT2D eigenvalue weighted by Gasteiger charge is -2.15. The Hall–Kier alpha value is -3.98. The zero-order valence-electron chi connectivity index (χ0n) is 18.5. The minimum atomic E-state index is -0.505. The Bertz CT molecular complexity index is 1300. The summed E-state index contributed by atoms with van der Waals surface area (Å²) >= 11 is 2.04. The first kappa shape index (κ1) is 25.6. The maximum atomic E-state index is 13.0. The molecule has 35 heavy (non-hydrogen) atoms. The molecule has 178 valence electrons. The van der Waals surface area contributed by atoms with Crippen molar-refractivity contribution in [2.75, 3.05) is 18.5 Å². The number of carbonyl (C=O) groups is 1. The standard InChI is InChI=1S/C25H19FIN3O5/c1-2-34-23-13-16(11-18(14-28)17-3-9-21(10-4-17)30(32)33)12-22(27)25(23)35-15-24(31)29-20-7-5-19(26)6-8-20/h3-13H,2,15H2,1H3,(H,29,31)/b18-11-. The number of benzene rings is 3. The summed E-state index contributed by atoms with van der Waals surface area (Å²) in [6.45, 7) is 1.85. The van der Waals surface area contributed by atoms with Gasteiger partial charge in [-0.2, -0.15) is 5.26 Å². The molecule has 0 aliphatic rings. The van der Waals surface area contributed by atoms with Crippen molar-refractivity contribution in [3.8, 4) is 17.6 Å². The highest BCUT2D eigenvalue weighted by molar-refractivity contribution is 14.1. The Morgan fingerprint density at radius 1 is 1.17 bits per heavy atom. The maximum absolute atomic E-state index is 13.0. The number of anilines is 1. The number of nitro groups is 1. The molecular formula is C25H19FIN3O5. The van der Waals surface area contributed by atoms with Gasteiger partial charge in [-0.05, 0) is 95.2 Å². The predicted octanol–water partition coefficient (Wildman–Crippen LogP) is 5.82. The van der Waals surface area contributed by atoms with Gasteiger partial charge in [-0.15, -0.1) is 0 Å². The van der Waals surface area contributed by atoms with Gasteiger partial charge in [0.15, 0.2) is 18.1 Å². The van der Waals surface area contributed by atoms with Crippen LogP contribution in [0.4, 0.5) is 15.8 Å². The maximum Gasteiger partial charge on any atom is 0.269 e. The normalized spacial score (nSPS) is 10.9. The van der Waals surface area contributed by atoms with Gasteiger partial charge < -0.3 is 14.8 Å². The summed E-state index contributed by atoms with van der Waals surface area (Å²) in [4.78, 5) is 22.6. The number of allylic oxidation sites excluding steroid dienone is 1. The molecule has 0 aliphatic carbocycles. The van der Waals surface area contributed by atoms with E-state index in [1.165, 1.54) is 48.5 Å². The first-order valence-corrected chi connectivity index (χ1v) is 11.4. The van der Waals surface area contributed by atoms with E-state index in [0.29, 0.717) is 44.1 Å². The third kappa shape index (κ3) is 7.00. The van der Waals surface area contributed by atoms with Crippen molar-refractivity contribution in [1.82, 2.24) is 0 Å². The van der Waals surface area contributed by atoms with Gasteiger partial charge >= 0.3 is 0 Å². The number of nitrogens with zero attached hydrogens (tertiary/aromatic N) is 2. The van der Waals surface area contributed by atoms with Crippen molar-refractivity contribution < 1.29 is 23.6 Å². The minimum Gasteiger partial charge on any atom is -0.490 e. The van der Waals surface area contributed by atoms with E-state index >= 15 is 0 Å². The summed E-state index contributed by atoms with van der Waals surface area (Å²) in [6.07, 6.45) is 1.64. The zero-order chi connectivity index (χ0) is 25.4. The molecule has 3 aromatic rings. The smallest absolute Gasteiger partial charge is 0.269 e. The number of hydrogen-bond donors (Lipinski definition) is 1. The van der Waals surface area contributed by atoms with Crippen LogP contribution in [0.15, 0.2) is 60.7 Å². The van der Waals surface area contributed by atoms with Crippen LogP contribution in [0.25, 0.3) is 11.6 Å². The molecule has 0 spiro atoms. The highest BCUT2D eigenvalue weighted by Gasteiger charge is 2.15. The molecular weight excluding hydrogens is 568 g/mol. The van der Waals surface area contributed by atoms with Gasteiger partial charge in [0.2, 0.25) is 0 Å². The van der Waals surface area contributed by atoms with Crippen molar-refractivity contribution in [1.29, 1.82) is 5.26 Å². The van der Waals surface area contributed by atoms with Gasteiger partial charge in [-0.25, -0.2) is 4.39 Å². The number of nitriles is 1. The second kappa shape index (κ2) is 11.9. The van der Waals surface area contributed by atoms with Crippen LogP contribution in [0.3, 0.4) is 0 Å². The Morgan fingerprint density at radius 2 is 1.86 bits per heavy atom. The summed E-state index contributed by atoms with van der Waals surface area (Å²) in [5.74, 6) is -0.0740. The molecule has 0 unspecified atom stereocenters. The molecule has 0 bridgehead atoms. The van der Waals surface area contributed by atoms with E-state index < -0.39 is 16.6 Å². The summed E-state index contributed by atoms with van der Waals surface area (Å²) in [5.41, 5.74) is 1.87. The summed E-state index contributed by atoms with van der Waals surface area (Å²) in [6, 6.07) is 16.6. The number of amides is 1. The Morgan fingerprint density at radius 3 is 2.46 bits per heavy atom. The van der Waals surface area contributed by atoms with Crippen LogP contribution in [0.2, 0.25) is 0 Å². The Labute approximate surface area is 214 Å². The average Bonchev–Trinajstić information content (AvgIpc) is 2.83. The Balaban J connectivity index is 1.81. The summed E-state index contributed by atoms with van der Waals surface area (Å²) < 4.78 is 25.1. The van der Waals surface area contributed by atoms with Gasteiger partial charge in [0.05, 0.1) is 26.7 Å². The minimum absolute atomic E-state index is 0.0656. The van der Waals surface area contributed by atoms with E-state index in [-0.39, 0.29) is 12.3 Å². The van der Waals surface area contributed by atoms with Crippen molar-refractivity contribution >= 4 is 51.5 Å². The van der Waals surface area contributed by atoms with E-state index in [2.05, 4.69) is 11.4 Å². The molecule has 0 aromatic heterocycles. The number of ether oxygens (including phenoxy) is 2. The molecule has 0 radical (unpaired) electrons. The fourth-order valence-corrected chi connectivity index (χ4v) is 3.83. The number of rotatable bonds is 9. The number of nitro benzene ring substituents is 1. The van der Waals surface area contributed by atoms with Gasteiger partial charge in [0, 0.05) is 17.8 Å². The third-order valence-electron chi connectivity index (χ3n) is 4.63. The molecule has 0 aliphatic heterocycles. The van der Waals surface area contributed by atoms with Gasteiger partial charge in [0.25, 0.3) is 11.6 Å². The molecule has 0 fully saturated rings. The van der Waals surface area contributed by atoms with E-state index in [1.54, 1.807) is 25.1 Å². The van der Waals surface area contributed by atoms with Crippen molar-refractivity contribution in [3.05, 3.63) is 91.3 Å². The molecule has 1 amide bonds. The van der Waals surface area contributed by atoms with Gasteiger partial charge in [0.1, 0.15) is 5.82 Å². The number of halogens is 2. The van der Waals surface area contributed by atoms with E-state index in [1.807, 2.05) is 22.6 Å². The van der Waals surface area contributed by atoms with E-state index in [9.17, 15) is 24.6 Å². The molecule has 8 nitrogen and oxygen atoms in total. The SMILES string of the molecule is CCOc1cc(/C=C(/C#N)c2ccc([N+](=O)[O-])cc2)cc(I)c1OCC(=O)Nc1ccc(F)cc1. The monoisotopic (exact) mass is 587 g/mol. The highest BCUT2D eigenvalue weighted by Crippen LogP contribution is 2.35. The van der Waals surface area contributed by atoms with Crippen LogP contribution in [-0.2, 0) is 4.79 Å². The fraction of sp³-hybridized carbons (Fsp3) is 0.120. The number of carbonyl (C=O) groups excluding carboxylic acids is 1. The molecule has 3 rings (SSSR count). The molecule has 0 saturated carbocycles. The number of hydrogen-bond acceptors (Lipinski definition) is 6. The lowest BCUT2D eigenvalue weighted by molar-refractivity contribution is -0.384. The van der Waals surface area contributed by atoms with Crippen molar-refractivity contribution in [2.24, 2.45) is 0 Å². The second-order valence-corrected chi connectivity index (χ2v) is 8.24. The van der Waals surface area contributed by atoms with Crippen LogP contribution in [0, 0.1) is 30.8 Å². The number of non-ortho nitro benzene ring substituents is 1. The topological polar surface area (TPSA) is 114 Å². The number of nitrogens with one attached hydrogen (secondary N) is 1. The highest BCUT2D eigenvalue weighted by atomic mass is 127. The van der Waals surface area contributed by atoms with Crippen molar-refractivity contribution in [2.45, 2.75) is 6.92 Å². The molecule has 0 heterocycles.